The van der Waals surface area contributed by atoms with Crippen LogP contribution in [0.15, 0.2) is 83.8 Å². The van der Waals surface area contributed by atoms with Gasteiger partial charge in [-0.3, -0.25) is 9.10 Å². The lowest BCUT2D eigenvalue weighted by atomic mass is 10.3. The van der Waals surface area contributed by atoms with Gasteiger partial charge in [0.15, 0.2) is 0 Å². The Labute approximate surface area is 182 Å². The Kier molecular flexibility index (Phi) is 7.15. The first-order valence-electron chi connectivity index (χ1n) is 9.68. The summed E-state index contributed by atoms with van der Waals surface area (Å²) in [5.74, 6) is 0.689. The highest BCUT2D eigenvalue weighted by Gasteiger charge is 2.27. The minimum atomic E-state index is -3.98. The van der Waals surface area contributed by atoms with Crippen molar-refractivity contribution >= 4 is 27.3 Å². The number of methoxy groups -OCH3 is 1. The second-order valence-electron chi connectivity index (χ2n) is 6.53. The van der Waals surface area contributed by atoms with Gasteiger partial charge in [-0.15, -0.1) is 0 Å². The number of amides is 1. The number of sulfonamides is 1. The van der Waals surface area contributed by atoms with Gasteiger partial charge in [-0.2, -0.15) is 0 Å². The van der Waals surface area contributed by atoms with Crippen molar-refractivity contribution in [2.75, 3.05) is 29.9 Å². The summed E-state index contributed by atoms with van der Waals surface area (Å²) in [4.78, 5) is 12.8. The number of nitrogens with zero attached hydrogens (tertiary/aromatic N) is 1. The summed E-state index contributed by atoms with van der Waals surface area (Å²) < 4.78 is 38.3. The predicted octanol–water partition coefficient (Wildman–Crippen LogP) is 3.93. The Morgan fingerprint density at radius 1 is 0.935 bits per heavy atom. The summed E-state index contributed by atoms with van der Waals surface area (Å²) >= 11 is 0. The summed E-state index contributed by atoms with van der Waals surface area (Å²) in [5, 5.41) is 2.73. The summed E-state index contributed by atoms with van der Waals surface area (Å²) in [6.07, 6.45) is 0. The van der Waals surface area contributed by atoms with Gasteiger partial charge >= 0.3 is 0 Å². The lowest BCUT2D eigenvalue weighted by Gasteiger charge is -2.24. The van der Waals surface area contributed by atoms with E-state index in [9.17, 15) is 13.2 Å². The van der Waals surface area contributed by atoms with Crippen LogP contribution in [0.1, 0.15) is 6.92 Å². The monoisotopic (exact) mass is 440 g/mol. The molecule has 3 aromatic carbocycles. The molecule has 0 fully saturated rings. The van der Waals surface area contributed by atoms with Crippen molar-refractivity contribution in [3.05, 3.63) is 78.9 Å². The van der Waals surface area contributed by atoms with Crippen LogP contribution in [0.2, 0.25) is 0 Å². The number of hydrogen-bond acceptors (Lipinski definition) is 5. The summed E-state index contributed by atoms with van der Waals surface area (Å²) in [5.41, 5.74) is 0.862. The van der Waals surface area contributed by atoms with E-state index in [1.807, 2.05) is 6.92 Å². The molecular weight excluding hydrogens is 416 g/mol. The quantitative estimate of drug-likeness (QED) is 0.545. The molecule has 0 unspecified atom stereocenters. The van der Waals surface area contributed by atoms with Gasteiger partial charge in [0, 0.05) is 11.8 Å². The zero-order chi connectivity index (χ0) is 22.3. The molecular formula is C23H24N2O5S. The van der Waals surface area contributed by atoms with Crippen LogP contribution < -0.4 is 19.1 Å². The van der Waals surface area contributed by atoms with E-state index in [1.165, 1.54) is 19.2 Å². The third kappa shape index (κ3) is 5.55. The van der Waals surface area contributed by atoms with Crippen molar-refractivity contribution < 1.29 is 22.7 Å². The fraction of sp³-hybridized carbons (Fsp3) is 0.174. The number of nitrogens with one attached hydrogen (secondary N) is 1. The molecule has 0 bridgehead atoms. The maximum Gasteiger partial charge on any atom is 0.264 e. The van der Waals surface area contributed by atoms with Gasteiger partial charge in [0.1, 0.15) is 18.0 Å². The van der Waals surface area contributed by atoms with Gasteiger partial charge in [0.05, 0.1) is 24.3 Å². The van der Waals surface area contributed by atoms with Crippen LogP contribution in [0.3, 0.4) is 0 Å². The number of carbonyl (C=O) groups is 1. The number of rotatable bonds is 9. The van der Waals surface area contributed by atoms with Crippen LogP contribution in [0.5, 0.6) is 11.5 Å². The standard InChI is InChI=1S/C23H24N2O5S/c1-3-30-20-14-12-18(13-15-20)24-23(26)17-25(19-8-7-9-21(16-19)29-2)31(27,28)22-10-5-4-6-11-22/h4-16H,3,17H2,1-2H3,(H,24,26). The highest BCUT2D eigenvalue weighted by Crippen LogP contribution is 2.27. The lowest BCUT2D eigenvalue weighted by molar-refractivity contribution is -0.114. The second kappa shape index (κ2) is 9.99. The number of anilines is 2. The third-order valence-corrected chi connectivity index (χ3v) is 6.20. The molecule has 0 aromatic heterocycles. The fourth-order valence-corrected chi connectivity index (χ4v) is 4.37. The molecule has 7 nitrogen and oxygen atoms in total. The number of ether oxygens (including phenoxy) is 2. The highest BCUT2D eigenvalue weighted by atomic mass is 32.2. The molecule has 0 spiro atoms. The van der Waals surface area contributed by atoms with Crippen LogP contribution in [-0.4, -0.2) is 34.6 Å². The summed E-state index contributed by atoms with van der Waals surface area (Å²) in [6, 6.07) is 21.4. The number of benzene rings is 3. The predicted molar refractivity (Wildman–Crippen MR) is 120 cm³/mol. The first kappa shape index (κ1) is 22.2. The maximum atomic E-state index is 13.3. The first-order valence-corrected chi connectivity index (χ1v) is 11.1. The molecule has 0 radical (unpaired) electrons. The minimum Gasteiger partial charge on any atom is -0.497 e. The van der Waals surface area contributed by atoms with Crippen molar-refractivity contribution in [2.24, 2.45) is 0 Å². The Balaban J connectivity index is 1.88. The van der Waals surface area contributed by atoms with E-state index in [0.717, 1.165) is 4.31 Å². The molecule has 1 N–H and O–H groups in total. The average Bonchev–Trinajstić information content (AvgIpc) is 2.79. The van der Waals surface area contributed by atoms with E-state index in [4.69, 9.17) is 9.47 Å². The molecule has 0 saturated carbocycles. The molecule has 3 rings (SSSR count). The number of hydrogen-bond donors (Lipinski definition) is 1. The van der Waals surface area contributed by atoms with E-state index in [1.54, 1.807) is 66.7 Å². The van der Waals surface area contributed by atoms with Crippen molar-refractivity contribution in [3.63, 3.8) is 0 Å². The molecule has 0 aliphatic heterocycles. The molecule has 0 saturated heterocycles. The van der Waals surface area contributed by atoms with E-state index < -0.39 is 22.5 Å². The van der Waals surface area contributed by atoms with Crippen LogP contribution in [-0.2, 0) is 14.8 Å². The molecule has 3 aromatic rings. The smallest absolute Gasteiger partial charge is 0.264 e. The van der Waals surface area contributed by atoms with Gasteiger partial charge in [-0.05, 0) is 55.5 Å². The van der Waals surface area contributed by atoms with Gasteiger partial charge < -0.3 is 14.8 Å². The molecule has 0 atom stereocenters. The van der Waals surface area contributed by atoms with E-state index in [2.05, 4.69) is 5.32 Å². The first-order chi connectivity index (χ1) is 14.9. The van der Waals surface area contributed by atoms with Crippen molar-refractivity contribution in [1.82, 2.24) is 0 Å². The summed E-state index contributed by atoms with van der Waals surface area (Å²) in [7, 11) is -2.49. The molecule has 0 aliphatic carbocycles. The largest absolute Gasteiger partial charge is 0.497 e. The van der Waals surface area contributed by atoms with Crippen molar-refractivity contribution in [1.29, 1.82) is 0 Å². The van der Waals surface area contributed by atoms with E-state index in [0.29, 0.717) is 29.5 Å². The minimum absolute atomic E-state index is 0.0895. The second-order valence-corrected chi connectivity index (χ2v) is 8.39. The fourth-order valence-electron chi connectivity index (χ4n) is 2.93. The van der Waals surface area contributed by atoms with E-state index in [-0.39, 0.29) is 4.90 Å². The lowest BCUT2D eigenvalue weighted by Crippen LogP contribution is -2.38. The van der Waals surface area contributed by atoms with Gasteiger partial charge in [-0.25, -0.2) is 8.42 Å². The summed E-state index contributed by atoms with van der Waals surface area (Å²) in [6.45, 7) is 2.02. The highest BCUT2D eigenvalue weighted by molar-refractivity contribution is 7.92. The molecule has 0 aliphatic rings. The third-order valence-electron chi connectivity index (χ3n) is 4.41. The van der Waals surface area contributed by atoms with Crippen LogP contribution in [0.25, 0.3) is 0 Å². The molecule has 8 heteroatoms. The van der Waals surface area contributed by atoms with Crippen molar-refractivity contribution in [3.8, 4) is 11.5 Å². The normalized spacial score (nSPS) is 10.9. The van der Waals surface area contributed by atoms with Gasteiger partial charge in [-0.1, -0.05) is 24.3 Å². The Hall–Kier alpha value is -3.52. The Morgan fingerprint density at radius 2 is 1.65 bits per heavy atom. The van der Waals surface area contributed by atoms with Crippen LogP contribution in [0.4, 0.5) is 11.4 Å². The molecule has 31 heavy (non-hydrogen) atoms. The average molecular weight is 441 g/mol. The Morgan fingerprint density at radius 3 is 2.29 bits per heavy atom. The zero-order valence-corrected chi connectivity index (χ0v) is 18.1. The SMILES string of the molecule is CCOc1ccc(NC(=O)CN(c2cccc(OC)c2)S(=O)(=O)c2ccccc2)cc1. The molecule has 1 amide bonds. The topological polar surface area (TPSA) is 84.9 Å². The zero-order valence-electron chi connectivity index (χ0n) is 17.3. The molecule has 162 valence electrons. The van der Waals surface area contributed by atoms with Crippen molar-refractivity contribution in [2.45, 2.75) is 11.8 Å². The maximum absolute atomic E-state index is 13.3. The molecule has 0 heterocycles. The van der Waals surface area contributed by atoms with Crippen LogP contribution >= 0.6 is 0 Å². The van der Waals surface area contributed by atoms with Gasteiger partial charge in [0.25, 0.3) is 10.0 Å². The Bertz CT molecular complexity index is 1120. The number of carbonyl (C=O) groups excluding carboxylic acids is 1. The van der Waals surface area contributed by atoms with E-state index >= 15 is 0 Å². The van der Waals surface area contributed by atoms with Gasteiger partial charge in [0.2, 0.25) is 5.91 Å². The van der Waals surface area contributed by atoms with Crippen LogP contribution in [0, 0.1) is 0 Å².